The Hall–Kier alpha value is -1.11. The maximum Gasteiger partial charge on any atom is 0.186 e. The second kappa shape index (κ2) is 3.44. The summed E-state index contributed by atoms with van der Waals surface area (Å²) in [6.07, 6.45) is 3.86. The molecule has 5 heteroatoms. The number of carbonyl (C=O) groups excluding carboxylic acids is 1. The van der Waals surface area contributed by atoms with E-state index >= 15 is 0 Å². The molecule has 4 nitrogen and oxygen atoms in total. The first-order chi connectivity index (χ1) is 7.66. The molecule has 1 aliphatic rings. The molecular weight excluding hydrogens is 317 g/mol. The van der Waals surface area contributed by atoms with Crippen LogP contribution in [0.15, 0.2) is 18.3 Å². The van der Waals surface area contributed by atoms with Crippen molar-refractivity contribution in [3.05, 3.63) is 27.6 Å². The Morgan fingerprint density at radius 3 is 2.94 bits per heavy atom. The quantitative estimate of drug-likeness (QED) is 0.679. The van der Waals surface area contributed by atoms with E-state index in [1.54, 1.807) is 4.40 Å². The lowest BCUT2D eigenvalue weighted by Crippen LogP contribution is -2.08. The lowest BCUT2D eigenvalue weighted by molar-refractivity contribution is 0.0963. The second-order valence-electron chi connectivity index (χ2n) is 4.06. The van der Waals surface area contributed by atoms with E-state index in [0.29, 0.717) is 11.5 Å². The van der Waals surface area contributed by atoms with E-state index in [-0.39, 0.29) is 11.7 Å². The highest BCUT2D eigenvalue weighted by Crippen LogP contribution is 2.34. The monoisotopic (exact) mass is 327 g/mol. The fourth-order valence-corrected chi connectivity index (χ4v) is 2.28. The summed E-state index contributed by atoms with van der Waals surface area (Å²) in [7, 11) is 0. The molecule has 0 unspecified atom stereocenters. The topological polar surface area (TPSA) is 60.4 Å². The molecule has 0 spiro atoms. The van der Waals surface area contributed by atoms with Crippen LogP contribution in [0.3, 0.4) is 0 Å². The largest absolute Gasteiger partial charge is 0.382 e. The fraction of sp³-hybridized carbons (Fsp3) is 0.273. The van der Waals surface area contributed by atoms with E-state index in [2.05, 4.69) is 27.6 Å². The van der Waals surface area contributed by atoms with Gasteiger partial charge >= 0.3 is 0 Å². The highest BCUT2D eigenvalue weighted by Gasteiger charge is 2.33. The minimum absolute atomic E-state index is 0.131. The average molecular weight is 327 g/mol. The van der Waals surface area contributed by atoms with Crippen LogP contribution in [-0.2, 0) is 0 Å². The first kappa shape index (κ1) is 10.1. The van der Waals surface area contributed by atoms with E-state index in [1.165, 1.54) is 0 Å². The molecule has 16 heavy (non-hydrogen) atoms. The van der Waals surface area contributed by atoms with Gasteiger partial charge in [0.1, 0.15) is 11.3 Å². The minimum atomic E-state index is 0.131. The van der Waals surface area contributed by atoms with Gasteiger partial charge in [0, 0.05) is 15.7 Å². The zero-order valence-electron chi connectivity index (χ0n) is 8.48. The van der Waals surface area contributed by atoms with E-state index < -0.39 is 0 Å². The number of pyridine rings is 1. The third-order valence-corrected chi connectivity index (χ3v) is 3.43. The van der Waals surface area contributed by atoms with Gasteiger partial charge in [-0.05, 0) is 47.6 Å². The third kappa shape index (κ3) is 1.50. The molecule has 0 bridgehead atoms. The number of carbonyl (C=O) groups is 1. The summed E-state index contributed by atoms with van der Waals surface area (Å²) in [6.45, 7) is 0. The number of imidazole rings is 1. The number of anilines is 1. The molecule has 2 N–H and O–H groups in total. The molecule has 0 radical (unpaired) electrons. The summed E-state index contributed by atoms with van der Waals surface area (Å²) in [5, 5.41) is 0. The van der Waals surface area contributed by atoms with Crippen molar-refractivity contribution in [2.45, 2.75) is 12.8 Å². The predicted molar refractivity (Wildman–Crippen MR) is 69.4 cm³/mol. The summed E-state index contributed by atoms with van der Waals surface area (Å²) in [5.74, 6) is 0.644. The first-order valence-corrected chi connectivity index (χ1v) is 6.22. The summed E-state index contributed by atoms with van der Waals surface area (Å²) in [5.41, 5.74) is 7.10. The van der Waals surface area contributed by atoms with Crippen molar-refractivity contribution in [1.82, 2.24) is 9.38 Å². The van der Waals surface area contributed by atoms with Crippen molar-refractivity contribution in [1.29, 1.82) is 0 Å². The van der Waals surface area contributed by atoms with Crippen LogP contribution >= 0.6 is 22.6 Å². The average Bonchev–Trinajstić information content (AvgIpc) is 3.01. The van der Waals surface area contributed by atoms with Gasteiger partial charge in [0.2, 0.25) is 0 Å². The van der Waals surface area contributed by atoms with Crippen LogP contribution in [0.1, 0.15) is 23.3 Å². The van der Waals surface area contributed by atoms with Gasteiger partial charge in [0.15, 0.2) is 11.6 Å². The van der Waals surface area contributed by atoms with Crippen LogP contribution in [-0.4, -0.2) is 15.2 Å². The number of Topliss-reactive ketones (excluding diaryl/α,β-unsaturated/α-hetero) is 1. The van der Waals surface area contributed by atoms with Gasteiger partial charge in [-0.3, -0.25) is 9.20 Å². The number of ketones is 1. The SMILES string of the molecule is Nc1nc2ccc(I)cn2c1C(=O)C1CC1. The van der Waals surface area contributed by atoms with Crippen molar-refractivity contribution in [2.75, 3.05) is 5.73 Å². The zero-order chi connectivity index (χ0) is 11.3. The molecule has 0 saturated heterocycles. The summed E-state index contributed by atoms with van der Waals surface area (Å²) in [4.78, 5) is 16.3. The Kier molecular flexibility index (Phi) is 2.17. The second-order valence-corrected chi connectivity index (χ2v) is 5.31. The van der Waals surface area contributed by atoms with Crippen molar-refractivity contribution in [3.63, 3.8) is 0 Å². The number of rotatable bonds is 2. The van der Waals surface area contributed by atoms with Crippen LogP contribution < -0.4 is 5.73 Å². The number of hydrogen-bond acceptors (Lipinski definition) is 3. The molecule has 0 atom stereocenters. The molecular formula is C11H10IN3O. The van der Waals surface area contributed by atoms with Crippen LogP contribution in [0.4, 0.5) is 5.82 Å². The molecule has 1 fully saturated rings. The lowest BCUT2D eigenvalue weighted by Gasteiger charge is -2.00. The molecule has 3 rings (SSSR count). The third-order valence-electron chi connectivity index (χ3n) is 2.79. The molecule has 0 aromatic carbocycles. The Labute approximate surface area is 106 Å². The van der Waals surface area contributed by atoms with Crippen molar-refractivity contribution >= 4 is 39.8 Å². The molecule has 82 valence electrons. The Balaban J connectivity index is 2.24. The summed E-state index contributed by atoms with van der Waals surface area (Å²) in [6, 6.07) is 3.83. The summed E-state index contributed by atoms with van der Waals surface area (Å²) >= 11 is 2.21. The van der Waals surface area contributed by atoms with Crippen LogP contribution in [0.2, 0.25) is 0 Å². The highest BCUT2D eigenvalue weighted by atomic mass is 127. The van der Waals surface area contributed by atoms with E-state index in [9.17, 15) is 4.79 Å². The Morgan fingerprint density at radius 1 is 1.50 bits per heavy atom. The summed E-state index contributed by atoms with van der Waals surface area (Å²) < 4.78 is 2.87. The highest BCUT2D eigenvalue weighted by molar-refractivity contribution is 14.1. The predicted octanol–water partition coefficient (Wildman–Crippen LogP) is 2.11. The van der Waals surface area contributed by atoms with Crippen molar-refractivity contribution < 1.29 is 4.79 Å². The molecule has 0 amide bonds. The zero-order valence-corrected chi connectivity index (χ0v) is 10.6. The Bertz CT molecular complexity index is 586. The number of nitrogen functional groups attached to an aromatic ring is 1. The Morgan fingerprint density at radius 2 is 2.25 bits per heavy atom. The van der Waals surface area contributed by atoms with Crippen molar-refractivity contribution in [2.24, 2.45) is 5.92 Å². The van der Waals surface area contributed by atoms with Crippen LogP contribution in [0, 0.1) is 9.49 Å². The molecule has 0 aliphatic heterocycles. The van der Waals surface area contributed by atoms with Gasteiger partial charge in [0.05, 0.1) is 0 Å². The van der Waals surface area contributed by atoms with Crippen LogP contribution in [0.5, 0.6) is 0 Å². The van der Waals surface area contributed by atoms with Crippen LogP contribution in [0.25, 0.3) is 5.65 Å². The van der Waals surface area contributed by atoms with Gasteiger partial charge in [-0.2, -0.15) is 0 Å². The number of nitrogens with zero attached hydrogens (tertiary/aromatic N) is 2. The number of halogens is 1. The van der Waals surface area contributed by atoms with E-state index in [0.717, 1.165) is 22.1 Å². The fourth-order valence-electron chi connectivity index (χ4n) is 1.82. The van der Waals surface area contributed by atoms with Gasteiger partial charge in [-0.1, -0.05) is 0 Å². The first-order valence-electron chi connectivity index (χ1n) is 5.14. The molecule has 1 saturated carbocycles. The number of hydrogen-bond donors (Lipinski definition) is 1. The molecule has 2 aromatic rings. The minimum Gasteiger partial charge on any atom is -0.382 e. The number of fused-ring (bicyclic) bond motifs is 1. The van der Waals surface area contributed by atoms with Gasteiger partial charge in [-0.25, -0.2) is 4.98 Å². The van der Waals surface area contributed by atoms with Gasteiger partial charge in [-0.15, -0.1) is 0 Å². The van der Waals surface area contributed by atoms with E-state index in [4.69, 9.17) is 5.73 Å². The maximum absolute atomic E-state index is 12.1. The number of aromatic nitrogens is 2. The standard InChI is InChI=1S/C11H10IN3O/c12-7-3-4-8-14-11(13)9(15(8)5-7)10(16)6-1-2-6/h3-6H,1-2,13H2. The number of nitrogens with two attached hydrogens (primary N) is 1. The molecule has 2 heterocycles. The smallest absolute Gasteiger partial charge is 0.186 e. The molecule has 2 aromatic heterocycles. The van der Waals surface area contributed by atoms with E-state index in [1.807, 2.05) is 18.3 Å². The lowest BCUT2D eigenvalue weighted by atomic mass is 10.2. The molecule has 1 aliphatic carbocycles. The van der Waals surface area contributed by atoms with Gasteiger partial charge in [0.25, 0.3) is 0 Å². The maximum atomic E-state index is 12.1. The normalized spacial score (nSPS) is 15.6. The van der Waals surface area contributed by atoms with Crippen molar-refractivity contribution in [3.8, 4) is 0 Å². The van der Waals surface area contributed by atoms with Gasteiger partial charge < -0.3 is 5.73 Å².